The molecule has 0 bridgehead atoms. The molecule has 1 N–H and O–H groups in total. The molecule has 1 aliphatic heterocycles. The molecule has 4 rings (SSSR count). The normalized spacial score (nSPS) is 18.0. The van der Waals surface area contributed by atoms with Gasteiger partial charge in [-0.3, -0.25) is 0 Å². The smallest absolute Gasteiger partial charge is 0.0768 e. The molecule has 0 spiro atoms. The summed E-state index contributed by atoms with van der Waals surface area (Å²) in [7, 11) is 2.18. The molecule has 1 unspecified atom stereocenters. The molecule has 3 aromatic rings. The van der Waals surface area contributed by atoms with Crippen molar-refractivity contribution < 1.29 is 0 Å². The highest BCUT2D eigenvalue weighted by Crippen LogP contribution is 2.33. The van der Waals surface area contributed by atoms with E-state index in [0.717, 1.165) is 18.0 Å². The molecule has 0 saturated heterocycles. The second kappa shape index (κ2) is 5.31. The average molecular weight is 306 g/mol. The van der Waals surface area contributed by atoms with Crippen LogP contribution in [0.25, 0.3) is 10.9 Å². The van der Waals surface area contributed by atoms with Gasteiger partial charge >= 0.3 is 0 Å². The molecule has 1 aromatic carbocycles. The van der Waals surface area contributed by atoms with E-state index in [1.54, 1.807) is 11.3 Å². The van der Waals surface area contributed by atoms with Gasteiger partial charge in [-0.25, -0.2) is 0 Å². The number of nitrogens with zero attached hydrogens (tertiary/aromatic N) is 1. The number of fused-ring (bicyclic) bond motifs is 3. The van der Waals surface area contributed by atoms with Gasteiger partial charge in [0.15, 0.2) is 0 Å². The second-order valence-electron chi connectivity index (χ2n) is 6.06. The molecule has 1 atom stereocenters. The van der Waals surface area contributed by atoms with E-state index in [-0.39, 0.29) is 5.92 Å². The molecule has 1 aliphatic rings. The Balaban J connectivity index is 1.81. The number of nitrogens with one attached hydrogen (secondary N) is 1. The van der Waals surface area contributed by atoms with E-state index in [1.165, 1.54) is 27.7 Å². The summed E-state index contributed by atoms with van der Waals surface area (Å²) in [4.78, 5) is 7.13. The molecule has 3 heterocycles. The highest BCUT2D eigenvalue weighted by atomic mass is 32.1. The van der Waals surface area contributed by atoms with E-state index >= 15 is 0 Å². The summed E-state index contributed by atoms with van der Waals surface area (Å²) >= 11 is 1.70. The first-order valence-corrected chi connectivity index (χ1v) is 8.43. The third kappa shape index (κ3) is 2.35. The van der Waals surface area contributed by atoms with Crippen LogP contribution < -0.4 is 0 Å². The van der Waals surface area contributed by atoms with Crippen molar-refractivity contribution in [3.8, 4) is 11.8 Å². The predicted molar refractivity (Wildman–Crippen MR) is 93.3 cm³/mol. The third-order valence-electron chi connectivity index (χ3n) is 4.26. The minimum absolute atomic E-state index is 0.253. The SMILES string of the molecule is Cc1ccc2[nH]c3c(c2c1)CN(C)CC3C#Cc1cccs1. The molecule has 2 nitrogen and oxygen atoms in total. The fourth-order valence-electron chi connectivity index (χ4n) is 3.21. The van der Waals surface area contributed by atoms with Gasteiger partial charge in [0.1, 0.15) is 0 Å². The summed E-state index contributed by atoms with van der Waals surface area (Å²) < 4.78 is 0. The first-order valence-electron chi connectivity index (χ1n) is 7.55. The number of aryl methyl sites for hydroxylation is 1. The summed E-state index contributed by atoms with van der Waals surface area (Å²) in [5.74, 6) is 7.06. The summed E-state index contributed by atoms with van der Waals surface area (Å²) in [6.45, 7) is 4.13. The number of hydrogen-bond donors (Lipinski definition) is 1. The van der Waals surface area contributed by atoms with Crippen LogP contribution in [0, 0.1) is 18.8 Å². The monoisotopic (exact) mass is 306 g/mol. The van der Waals surface area contributed by atoms with Crippen LogP contribution in [0.5, 0.6) is 0 Å². The van der Waals surface area contributed by atoms with Gasteiger partial charge in [-0.15, -0.1) is 11.3 Å². The first kappa shape index (κ1) is 13.6. The van der Waals surface area contributed by atoms with Crippen LogP contribution in [-0.2, 0) is 6.54 Å². The highest BCUT2D eigenvalue weighted by molar-refractivity contribution is 7.10. The van der Waals surface area contributed by atoms with Crippen LogP contribution in [0.1, 0.15) is 27.6 Å². The number of thiophene rings is 1. The highest BCUT2D eigenvalue weighted by Gasteiger charge is 2.25. The van der Waals surface area contributed by atoms with Crippen LogP contribution in [-0.4, -0.2) is 23.5 Å². The molecule has 0 radical (unpaired) electrons. The zero-order valence-corrected chi connectivity index (χ0v) is 13.6. The number of aromatic nitrogens is 1. The van der Waals surface area contributed by atoms with Crippen molar-refractivity contribution in [2.45, 2.75) is 19.4 Å². The maximum absolute atomic E-state index is 3.62. The Bertz CT molecular complexity index is 877. The first-order chi connectivity index (χ1) is 10.7. The fraction of sp³-hybridized carbons (Fsp3) is 0.263. The minimum atomic E-state index is 0.253. The third-order valence-corrected chi connectivity index (χ3v) is 5.04. The largest absolute Gasteiger partial charge is 0.357 e. The number of hydrogen-bond acceptors (Lipinski definition) is 2. The Labute approximate surface area is 134 Å². The van der Waals surface area contributed by atoms with Crippen molar-refractivity contribution in [1.82, 2.24) is 9.88 Å². The van der Waals surface area contributed by atoms with Crippen LogP contribution in [0.3, 0.4) is 0 Å². The molecule has 0 saturated carbocycles. The lowest BCUT2D eigenvalue weighted by molar-refractivity contribution is 0.300. The summed E-state index contributed by atoms with van der Waals surface area (Å²) in [6.07, 6.45) is 0. The van der Waals surface area contributed by atoms with Crippen molar-refractivity contribution >= 4 is 22.2 Å². The predicted octanol–water partition coefficient (Wildman–Crippen LogP) is 4.12. The summed E-state index contributed by atoms with van der Waals surface area (Å²) in [5.41, 5.74) is 5.26. The van der Waals surface area contributed by atoms with Crippen molar-refractivity contribution in [3.63, 3.8) is 0 Å². The van der Waals surface area contributed by atoms with Gasteiger partial charge in [-0.05, 0) is 43.1 Å². The average Bonchev–Trinajstić information content (AvgIpc) is 3.12. The van der Waals surface area contributed by atoms with Gasteiger partial charge in [0.2, 0.25) is 0 Å². The lowest BCUT2D eigenvalue weighted by Gasteiger charge is -2.27. The van der Waals surface area contributed by atoms with Crippen molar-refractivity contribution in [2.75, 3.05) is 13.6 Å². The van der Waals surface area contributed by atoms with E-state index in [0.29, 0.717) is 0 Å². The molecular formula is C19H18N2S. The maximum atomic E-state index is 3.62. The Morgan fingerprint density at radius 3 is 3.05 bits per heavy atom. The molecule has 0 amide bonds. The van der Waals surface area contributed by atoms with Gasteiger partial charge < -0.3 is 9.88 Å². The number of benzene rings is 1. The standard InChI is InChI=1S/C19H18N2S/c1-13-5-8-18-16(10-13)17-12-21(2)11-14(19(17)20-18)6-7-15-4-3-9-22-15/h3-5,8-10,14,20H,11-12H2,1-2H3. The summed E-state index contributed by atoms with van der Waals surface area (Å²) in [6, 6.07) is 10.8. The lowest BCUT2D eigenvalue weighted by atomic mass is 9.95. The zero-order chi connectivity index (χ0) is 15.1. The van der Waals surface area contributed by atoms with Gasteiger partial charge in [0.25, 0.3) is 0 Å². The molecule has 110 valence electrons. The van der Waals surface area contributed by atoms with E-state index in [9.17, 15) is 0 Å². The quantitative estimate of drug-likeness (QED) is 0.619. The van der Waals surface area contributed by atoms with Crippen molar-refractivity contribution in [3.05, 3.63) is 57.4 Å². The van der Waals surface area contributed by atoms with Crippen molar-refractivity contribution in [2.24, 2.45) is 0 Å². The second-order valence-corrected chi connectivity index (χ2v) is 7.01. The Kier molecular flexibility index (Phi) is 3.29. The van der Waals surface area contributed by atoms with E-state index in [4.69, 9.17) is 0 Å². The van der Waals surface area contributed by atoms with Gasteiger partial charge in [-0.2, -0.15) is 0 Å². The maximum Gasteiger partial charge on any atom is 0.0768 e. The van der Waals surface area contributed by atoms with E-state index in [2.05, 4.69) is 71.4 Å². The number of H-pyrrole nitrogens is 1. The topological polar surface area (TPSA) is 19.0 Å². The molecule has 2 aromatic heterocycles. The van der Waals surface area contributed by atoms with Crippen LogP contribution in [0.4, 0.5) is 0 Å². The number of likely N-dealkylation sites (N-methyl/N-ethyl adjacent to an activating group) is 1. The molecule has 3 heteroatoms. The minimum Gasteiger partial charge on any atom is -0.357 e. The summed E-state index contributed by atoms with van der Waals surface area (Å²) in [5, 5.41) is 3.43. The van der Waals surface area contributed by atoms with Gasteiger partial charge in [0.05, 0.1) is 10.8 Å². The van der Waals surface area contributed by atoms with Gasteiger partial charge in [0, 0.05) is 29.7 Å². The Morgan fingerprint density at radius 2 is 2.23 bits per heavy atom. The van der Waals surface area contributed by atoms with Crippen LogP contribution >= 0.6 is 11.3 Å². The fourth-order valence-corrected chi connectivity index (χ4v) is 3.79. The van der Waals surface area contributed by atoms with E-state index < -0.39 is 0 Å². The van der Waals surface area contributed by atoms with Crippen LogP contribution in [0.15, 0.2) is 35.7 Å². The van der Waals surface area contributed by atoms with Crippen LogP contribution in [0.2, 0.25) is 0 Å². The number of aromatic amines is 1. The van der Waals surface area contributed by atoms with Crippen molar-refractivity contribution in [1.29, 1.82) is 0 Å². The lowest BCUT2D eigenvalue weighted by Crippen LogP contribution is -2.29. The molecule has 0 fully saturated rings. The number of rotatable bonds is 0. The Morgan fingerprint density at radius 1 is 1.32 bits per heavy atom. The van der Waals surface area contributed by atoms with E-state index in [1.807, 2.05) is 0 Å². The van der Waals surface area contributed by atoms with Gasteiger partial charge in [-0.1, -0.05) is 29.5 Å². The zero-order valence-electron chi connectivity index (χ0n) is 12.8. The molecule has 0 aliphatic carbocycles. The molecule has 22 heavy (non-hydrogen) atoms. The Hall–Kier alpha value is -2.02. The molecular weight excluding hydrogens is 288 g/mol.